The minimum atomic E-state index is -0.562. The number of methoxy groups -OCH3 is 2. The molecule has 0 radical (unpaired) electrons. The van der Waals surface area contributed by atoms with Crippen molar-refractivity contribution < 1.29 is 28.6 Å². The molecule has 32 heavy (non-hydrogen) atoms. The zero-order valence-electron chi connectivity index (χ0n) is 19.7. The summed E-state index contributed by atoms with van der Waals surface area (Å²) in [7, 11) is 3.33. The van der Waals surface area contributed by atoms with Crippen LogP contribution in [0.25, 0.3) is 0 Å². The second-order valence-electron chi connectivity index (χ2n) is 6.88. The fourth-order valence-corrected chi connectivity index (χ4v) is 2.57. The molecule has 0 bridgehead atoms. The number of ether oxygens (including phenoxy) is 3. The maximum absolute atomic E-state index is 10.7. The molecule has 2 rings (SSSR count). The Morgan fingerprint density at radius 2 is 1.25 bits per heavy atom. The van der Waals surface area contributed by atoms with Crippen LogP contribution in [0.5, 0.6) is 11.5 Å². The van der Waals surface area contributed by atoms with Crippen LogP contribution in [-0.4, -0.2) is 38.5 Å². The van der Waals surface area contributed by atoms with Gasteiger partial charge in [-0.25, -0.2) is 0 Å². The maximum atomic E-state index is 10.7. The third kappa shape index (κ3) is 15.6. The van der Waals surface area contributed by atoms with E-state index < -0.39 is 11.9 Å². The molecule has 0 saturated heterocycles. The number of esters is 2. The van der Waals surface area contributed by atoms with E-state index in [1.165, 1.54) is 25.0 Å². The summed E-state index contributed by atoms with van der Waals surface area (Å²) in [5, 5.41) is 0. The largest absolute Gasteiger partial charge is 0.497 e. The van der Waals surface area contributed by atoms with Crippen molar-refractivity contribution in [2.24, 2.45) is 5.73 Å². The number of carbonyl (C=O) groups excluding carboxylic acids is 3. The lowest BCUT2D eigenvalue weighted by atomic mass is 10.1. The van der Waals surface area contributed by atoms with E-state index >= 15 is 0 Å². The first-order valence-electron chi connectivity index (χ1n) is 10.4. The summed E-state index contributed by atoms with van der Waals surface area (Å²) in [5.41, 5.74) is 7.87. The van der Waals surface area contributed by atoms with Crippen molar-refractivity contribution in [3.05, 3.63) is 59.7 Å². The van der Waals surface area contributed by atoms with Gasteiger partial charge in [-0.15, -0.1) is 0 Å². The third-order valence-corrected chi connectivity index (χ3v) is 3.98. The molecule has 0 heterocycles. The van der Waals surface area contributed by atoms with Gasteiger partial charge in [-0.1, -0.05) is 24.3 Å². The van der Waals surface area contributed by atoms with Gasteiger partial charge in [0.2, 0.25) is 0 Å². The van der Waals surface area contributed by atoms with E-state index in [9.17, 15) is 14.4 Å². The third-order valence-electron chi connectivity index (χ3n) is 3.98. The minimum absolute atomic E-state index is 0.257. The molecule has 0 spiro atoms. The zero-order chi connectivity index (χ0) is 24.4. The summed E-state index contributed by atoms with van der Waals surface area (Å²) in [6.45, 7) is 4.68. The number of Topliss-reactive ketones (excluding diaryl/α,β-unsaturated/α-hetero) is 1. The molecule has 0 saturated carbocycles. The van der Waals surface area contributed by atoms with E-state index in [0.717, 1.165) is 30.8 Å². The van der Waals surface area contributed by atoms with E-state index in [1.54, 1.807) is 21.1 Å². The molecular formula is C25H35NO6. The van der Waals surface area contributed by atoms with Crippen molar-refractivity contribution in [3.63, 3.8) is 0 Å². The molecule has 2 aromatic rings. The number of carbonyl (C=O) groups is 3. The normalized spacial score (nSPS) is 9.31. The van der Waals surface area contributed by atoms with Gasteiger partial charge in [0.15, 0.2) is 0 Å². The molecule has 0 aliphatic rings. The molecular weight excluding hydrogens is 410 g/mol. The van der Waals surface area contributed by atoms with Gasteiger partial charge in [-0.3, -0.25) is 9.59 Å². The van der Waals surface area contributed by atoms with Crippen LogP contribution in [0.2, 0.25) is 0 Å². The summed E-state index contributed by atoms with van der Waals surface area (Å²) in [4.78, 5) is 30.4. The Morgan fingerprint density at radius 3 is 1.59 bits per heavy atom. The number of benzene rings is 2. The van der Waals surface area contributed by atoms with E-state index in [2.05, 4.69) is 16.9 Å². The van der Waals surface area contributed by atoms with Gasteiger partial charge in [-0.2, -0.15) is 0 Å². The van der Waals surface area contributed by atoms with Crippen LogP contribution in [0.3, 0.4) is 0 Å². The predicted octanol–water partition coefficient (Wildman–Crippen LogP) is 3.90. The van der Waals surface area contributed by atoms with Crippen molar-refractivity contribution in [3.8, 4) is 11.5 Å². The van der Waals surface area contributed by atoms with Gasteiger partial charge in [0.25, 0.3) is 0 Å². The van der Waals surface area contributed by atoms with Crippen LogP contribution in [0.15, 0.2) is 48.5 Å². The molecule has 0 aliphatic carbocycles. The molecule has 2 N–H and O–H groups in total. The molecule has 2 aromatic carbocycles. The molecule has 176 valence electrons. The van der Waals surface area contributed by atoms with Gasteiger partial charge in [0.1, 0.15) is 17.3 Å². The Hall–Kier alpha value is -3.19. The van der Waals surface area contributed by atoms with Crippen LogP contribution in [0.1, 0.15) is 44.7 Å². The Labute approximate surface area is 190 Å². The fraction of sp³-hybridized carbons (Fsp3) is 0.400. The number of rotatable bonds is 8. The van der Waals surface area contributed by atoms with Gasteiger partial charge in [-0.05, 0) is 68.1 Å². The predicted molar refractivity (Wildman–Crippen MR) is 125 cm³/mol. The van der Waals surface area contributed by atoms with Gasteiger partial charge in [0, 0.05) is 20.3 Å². The number of aryl methyl sites for hydroxylation is 1. The van der Waals surface area contributed by atoms with Crippen LogP contribution >= 0.6 is 0 Å². The monoisotopic (exact) mass is 445 g/mol. The molecule has 0 aromatic heterocycles. The molecule has 0 fully saturated rings. The summed E-state index contributed by atoms with van der Waals surface area (Å²) in [5.74, 6) is 0.911. The van der Waals surface area contributed by atoms with E-state index in [4.69, 9.17) is 15.2 Å². The molecule has 0 amide bonds. The first-order chi connectivity index (χ1) is 15.2. The van der Waals surface area contributed by atoms with Gasteiger partial charge in [0.05, 0.1) is 14.2 Å². The van der Waals surface area contributed by atoms with Crippen molar-refractivity contribution in [2.75, 3.05) is 20.8 Å². The zero-order valence-corrected chi connectivity index (χ0v) is 19.7. The van der Waals surface area contributed by atoms with Crippen LogP contribution in [0.4, 0.5) is 0 Å². The second-order valence-corrected chi connectivity index (χ2v) is 6.88. The SMILES string of the molecule is CC(=O)OC(C)=O.COc1cccc(CCCC(C)=O)c1.COc1cccc(CCN)c1. The molecule has 7 nitrogen and oxygen atoms in total. The standard InChI is InChI=1S/C12H16O2.C9H13NO.C4H6O3/c1-10(13)5-3-6-11-7-4-8-12(9-11)14-2;1-11-9-4-2-3-8(7-9)5-6-10;1-3(5)7-4(2)6/h4,7-9H,3,5-6H2,1-2H3;2-4,7H,5-6,10H2,1H3;1-2H3. The summed E-state index contributed by atoms with van der Waals surface area (Å²) < 4.78 is 14.1. The Balaban J connectivity index is 0.000000478. The number of ketones is 1. The first-order valence-corrected chi connectivity index (χ1v) is 10.4. The lowest BCUT2D eigenvalue weighted by molar-refractivity contribution is -0.156. The Kier molecular flexibility index (Phi) is 15.7. The summed E-state index contributed by atoms with van der Waals surface area (Å²) >= 11 is 0. The molecule has 7 heteroatoms. The highest BCUT2D eigenvalue weighted by molar-refractivity contribution is 5.82. The molecule has 0 aliphatic heterocycles. The van der Waals surface area contributed by atoms with Crippen LogP contribution in [-0.2, 0) is 32.0 Å². The van der Waals surface area contributed by atoms with E-state index in [-0.39, 0.29) is 5.78 Å². The van der Waals surface area contributed by atoms with Gasteiger partial charge >= 0.3 is 11.9 Å². The highest BCUT2D eigenvalue weighted by Crippen LogP contribution is 2.14. The molecule has 0 atom stereocenters. The summed E-state index contributed by atoms with van der Waals surface area (Å²) in [6, 6.07) is 15.9. The Bertz CT molecular complexity index is 823. The highest BCUT2D eigenvalue weighted by Gasteiger charge is 1.98. The lowest BCUT2D eigenvalue weighted by Crippen LogP contribution is -2.03. The number of hydrogen-bond donors (Lipinski definition) is 1. The van der Waals surface area contributed by atoms with Crippen molar-refractivity contribution in [2.45, 2.75) is 46.5 Å². The smallest absolute Gasteiger partial charge is 0.310 e. The van der Waals surface area contributed by atoms with E-state index in [1.807, 2.05) is 36.4 Å². The quantitative estimate of drug-likeness (QED) is 0.485. The average molecular weight is 446 g/mol. The summed E-state index contributed by atoms with van der Waals surface area (Å²) in [6.07, 6.45) is 3.44. The Morgan fingerprint density at radius 1 is 0.781 bits per heavy atom. The average Bonchev–Trinajstić information content (AvgIpc) is 2.74. The highest BCUT2D eigenvalue weighted by atomic mass is 16.6. The van der Waals surface area contributed by atoms with Crippen LogP contribution in [0, 0.1) is 0 Å². The van der Waals surface area contributed by atoms with Crippen molar-refractivity contribution in [1.82, 2.24) is 0 Å². The lowest BCUT2D eigenvalue weighted by Gasteiger charge is -2.03. The van der Waals surface area contributed by atoms with Gasteiger partial charge < -0.3 is 24.7 Å². The number of nitrogens with two attached hydrogens (primary N) is 1. The number of hydrogen-bond acceptors (Lipinski definition) is 7. The first kappa shape index (κ1) is 28.8. The minimum Gasteiger partial charge on any atom is -0.497 e. The topological polar surface area (TPSA) is 105 Å². The molecule has 0 unspecified atom stereocenters. The maximum Gasteiger partial charge on any atom is 0.310 e. The second kappa shape index (κ2) is 17.5. The van der Waals surface area contributed by atoms with Crippen LogP contribution < -0.4 is 15.2 Å². The van der Waals surface area contributed by atoms with Crippen molar-refractivity contribution >= 4 is 17.7 Å². The fourth-order valence-electron chi connectivity index (χ4n) is 2.57. The van der Waals surface area contributed by atoms with E-state index in [0.29, 0.717) is 13.0 Å². The van der Waals surface area contributed by atoms with Crippen molar-refractivity contribution in [1.29, 1.82) is 0 Å².